The molecule has 0 radical (unpaired) electrons. The molecule has 6 unspecified atom stereocenters. The van der Waals surface area contributed by atoms with Crippen LogP contribution in [0.2, 0.25) is 0 Å². The average Bonchev–Trinajstić information content (AvgIpc) is 2.99. The van der Waals surface area contributed by atoms with Crippen LogP contribution >= 0.6 is 0 Å². The van der Waals surface area contributed by atoms with E-state index in [4.69, 9.17) is 0 Å². The van der Waals surface area contributed by atoms with Crippen molar-refractivity contribution in [2.45, 2.75) is 117 Å². The van der Waals surface area contributed by atoms with Gasteiger partial charge in [-0.15, -0.1) is 0 Å². The van der Waals surface area contributed by atoms with Crippen molar-refractivity contribution < 1.29 is 10.2 Å². The molecule has 0 heterocycles. The fourth-order valence-corrected chi connectivity index (χ4v) is 6.92. The highest BCUT2D eigenvalue weighted by Crippen LogP contribution is 2.60. The summed E-state index contributed by atoms with van der Waals surface area (Å²) in [6, 6.07) is 0. The molecule has 3 rings (SSSR count). The van der Waals surface area contributed by atoms with Crippen LogP contribution in [-0.2, 0) is 0 Å². The Labute approximate surface area is 179 Å². The monoisotopic (exact) mass is 402 g/mol. The third kappa shape index (κ3) is 5.56. The van der Waals surface area contributed by atoms with Crippen LogP contribution in [0.1, 0.15) is 105 Å². The van der Waals surface area contributed by atoms with E-state index >= 15 is 0 Å². The minimum absolute atomic E-state index is 0.131. The summed E-state index contributed by atoms with van der Waals surface area (Å²) >= 11 is 0. The van der Waals surface area contributed by atoms with E-state index in [0.29, 0.717) is 11.3 Å². The molecule has 0 aromatic heterocycles. The summed E-state index contributed by atoms with van der Waals surface area (Å²) in [7, 11) is 0. The van der Waals surface area contributed by atoms with Crippen molar-refractivity contribution in [3.8, 4) is 0 Å². The fraction of sp³-hybridized carbons (Fsp3) is 0.852. The Kier molecular flexibility index (Phi) is 7.37. The molecule has 2 heteroatoms. The van der Waals surface area contributed by atoms with E-state index in [1.54, 1.807) is 5.57 Å². The van der Waals surface area contributed by atoms with Gasteiger partial charge in [0.1, 0.15) is 0 Å². The van der Waals surface area contributed by atoms with E-state index in [2.05, 4.69) is 32.9 Å². The van der Waals surface area contributed by atoms with Gasteiger partial charge in [-0.1, -0.05) is 56.9 Å². The molecule has 2 nitrogen and oxygen atoms in total. The summed E-state index contributed by atoms with van der Waals surface area (Å²) in [6.45, 7) is 11.2. The van der Waals surface area contributed by atoms with E-state index in [1.165, 1.54) is 44.1 Å². The van der Waals surface area contributed by atoms with Crippen LogP contribution in [0.4, 0.5) is 0 Å². The molecule has 166 valence electrons. The van der Waals surface area contributed by atoms with Crippen molar-refractivity contribution in [2.75, 3.05) is 0 Å². The third-order valence-corrected chi connectivity index (χ3v) is 8.72. The SMILES string of the molecule is CC1CCC(O)C/C1=C\C=C1/CCCC2(C)C1CCC2C(C)CCCC(C)(C)O. The lowest BCUT2D eigenvalue weighted by Gasteiger charge is -2.44. The van der Waals surface area contributed by atoms with Crippen LogP contribution in [0.3, 0.4) is 0 Å². The molecule has 0 bridgehead atoms. The smallest absolute Gasteiger partial charge is 0.0591 e. The van der Waals surface area contributed by atoms with Crippen LogP contribution < -0.4 is 0 Å². The van der Waals surface area contributed by atoms with E-state index in [9.17, 15) is 10.2 Å². The highest BCUT2D eigenvalue weighted by molar-refractivity contribution is 5.26. The first-order valence-electron chi connectivity index (χ1n) is 12.4. The zero-order chi connectivity index (χ0) is 21.2. The van der Waals surface area contributed by atoms with Crippen LogP contribution in [0.5, 0.6) is 0 Å². The molecule has 6 atom stereocenters. The van der Waals surface area contributed by atoms with Gasteiger partial charge in [0.05, 0.1) is 11.7 Å². The molecule has 0 amide bonds. The summed E-state index contributed by atoms with van der Waals surface area (Å²) in [5.74, 6) is 2.94. The summed E-state index contributed by atoms with van der Waals surface area (Å²) < 4.78 is 0. The second-order valence-electron chi connectivity index (χ2n) is 11.6. The number of hydrogen-bond acceptors (Lipinski definition) is 2. The predicted octanol–water partition coefficient (Wildman–Crippen LogP) is 6.81. The normalized spacial score (nSPS) is 39.7. The number of fused-ring (bicyclic) bond motifs is 1. The maximum Gasteiger partial charge on any atom is 0.0591 e. The molecule has 3 aliphatic carbocycles. The van der Waals surface area contributed by atoms with E-state index in [0.717, 1.165) is 49.9 Å². The molecular weight excluding hydrogens is 356 g/mol. The highest BCUT2D eigenvalue weighted by Gasteiger charge is 2.50. The average molecular weight is 403 g/mol. The van der Waals surface area contributed by atoms with E-state index in [-0.39, 0.29) is 6.10 Å². The summed E-state index contributed by atoms with van der Waals surface area (Å²) in [4.78, 5) is 0. The van der Waals surface area contributed by atoms with Gasteiger partial charge in [-0.05, 0) is 101 Å². The van der Waals surface area contributed by atoms with Gasteiger partial charge in [-0.3, -0.25) is 0 Å². The predicted molar refractivity (Wildman–Crippen MR) is 123 cm³/mol. The van der Waals surface area contributed by atoms with Crippen molar-refractivity contribution in [1.29, 1.82) is 0 Å². The number of hydrogen-bond donors (Lipinski definition) is 2. The molecule has 0 saturated heterocycles. The van der Waals surface area contributed by atoms with Gasteiger partial charge >= 0.3 is 0 Å². The van der Waals surface area contributed by atoms with Crippen LogP contribution in [-0.4, -0.2) is 21.9 Å². The Bertz CT molecular complexity index is 611. The maximum atomic E-state index is 10.1. The lowest BCUT2D eigenvalue weighted by molar-refractivity contribution is 0.0596. The van der Waals surface area contributed by atoms with Gasteiger partial charge in [0.25, 0.3) is 0 Å². The largest absolute Gasteiger partial charge is 0.393 e. The number of rotatable bonds is 6. The molecule has 3 saturated carbocycles. The first kappa shape index (κ1) is 23.1. The molecule has 0 spiro atoms. The first-order valence-corrected chi connectivity index (χ1v) is 12.4. The second-order valence-corrected chi connectivity index (χ2v) is 11.6. The zero-order valence-corrected chi connectivity index (χ0v) is 19.7. The lowest BCUT2D eigenvalue weighted by atomic mass is 9.60. The van der Waals surface area contributed by atoms with Crippen LogP contribution in [0.15, 0.2) is 23.3 Å². The molecule has 3 fully saturated rings. The Morgan fingerprint density at radius 3 is 2.59 bits per heavy atom. The molecule has 0 aliphatic heterocycles. The molecule has 0 aromatic rings. The van der Waals surface area contributed by atoms with Gasteiger partial charge < -0.3 is 10.2 Å². The first-order chi connectivity index (χ1) is 13.6. The lowest BCUT2D eigenvalue weighted by Crippen LogP contribution is -2.36. The van der Waals surface area contributed by atoms with Crippen molar-refractivity contribution in [3.05, 3.63) is 23.3 Å². The van der Waals surface area contributed by atoms with Crippen molar-refractivity contribution in [1.82, 2.24) is 0 Å². The van der Waals surface area contributed by atoms with Crippen molar-refractivity contribution in [3.63, 3.8) is 0 Å². The topological polar surface area (TPSA) is 40.5 Å². The van der Waals surface area contributed by atoms with Crippen LogP contribution in [0, 0.1) is 29.1 Å². The van der Waals surface area contributed by atoms with Gasteiger partial charge in [-0.25, -0.2) is 0 Å². The third-order valence-electron chi connectivity index (χ3n) is 8.72. The summed E-state index contributed by atoms with van der Waals surface area (Å²) in [6.07, 6.45) is 17.7. The minimum atomic E-state index is -0.528. The van der Waals surface area contributed by atoms with Gasteiger partial charge in [0.15, 0.2) is 0 Å². The molecule has 3 aliphatic rings. The number of allylic oxidation sites excluding steroid dienone is 3. The number of aliphatic hydroxyl groups excluding tert-OH is 1. The van der Waals surface area contributed by atoms with E-state index in [1.807, 2.05) is 13.8 Å². The van der Waals surface area contributed by atoms with Gasteiger partial charge in [0, 0.05) is 0 Å². The zero-order valence-electron chi connectivity index (χ0n) is 19.7. The summed E-state index contributed by atoms with van der Waals surface area (Å²) in [5.41, 5.74) is 3.07. The Hall–Kier alpha value is -0.600. The van der Waals surface area contributed by atoms with E-state index < -0.39 is 5.60 Å². The molecule has 0 aromatic carbocycles. The molecule has 2 N–H and O–H groups in total. The van der Waals surface area contributed by atoms with Gasteiger partial charge in [-0.2, -0.15) is 0 Å². The van der Waals surface area contributed by atoms with Crippen LogP contribution in [0.25, 0.3) is 0 Å². The Morgan fingerprint density at radius 2 is 1.86 bits per heavy atom. The number of aliphatic hydroxyl groups is 2. The van der Waals surface area contributed by atoms with Crippen molar-refractivity contribution in [2.24, 2.45) is 29.1 Å². The standard InChI is InChI=1S/C27H46O2/c1-19-10-13-23(28)18-22(19)12-11-21-9-7-17-27(5)24(14-15-25(21)27)20(2)8-6-16-26(3,4)29/h11-12,19-20,23-25,28-29H,6-10,13-18H2,1-5H3/b21-11+,22-12+. The Balaban J connectivity index is 1.68. The van der Waals surface area contributed by atoms with Gasteiger partial charge in [0.2, 0.25) is 0 Å². The minimum Gasteiger partial charge on any atom is -0.393 e. The highest BCUT2D eigenvalue weighted by atomic mass is 16.3. The maximum absolute atomic E-state index is 10.1. The van der Waals surface area contributed by atoms with Crippen molar-refractivity contribution >= 4 is 0 Å². The fourth-order valence-electron chi connectivity index (χ4n) is 6.92. The summed E-state index contributed by atoms with van der Waals surface area (Å²) in [5, 5.41) is 20.1. The molecule has 29 heavy (non-hydrogen) atoms. The Morgan fingerprint density at radius 1 is 1.14 bits per heavy atom. The quantitative estimate of drug-likeness (QED) is 0.512. The molecular formula is C27H46O2. The second kappa shape index (κ2) is 9.27.